The number of hydrogen-bond donors (Lipinski definition) is 3. The zero-order valence-electron chi connectivity index (χ0n) is 15.0. The Morgan fingerprint density at radius 3 is 1.12 bits per heavy atom. The number of carboxylic acid groups (broad SMARTS) is 1. The third kappa shape index (κ3) is 17.4. The van der Waals surface area contributed by atoms with Gasteiger partial charge in [-0.15, -0.1) is 0 Å². The molecule has 5 nitrogen and oxygen atoms in total. The van der Waals surface area contributed by atoms with Crippen LogP contribution < -0.4 is 0 Å². The maximum Gasteiger partial charge on any atom is 0.303 e. The van der Waals surface area contributed by atoms with Crippen molar-refractivity contribution in [3.8, 4) is 0 Å². The number of carbonyl (C=O) groups is 2. The monoisotopic (exact) mass is 344 g/mol. The Morgan fingerprint density at radius 1 is 0.542 bits per heavy atom. The minimum atomic E-state index is -1.80. The van der Waals surface area contributed by atoms with E-state index in [-0.39, 0.29) is 6.42 Å². The third-order valence-electron chi connectivity index (χ3n) is 4.35. The van der Waals surface area contributed by atoms with Crippen molar-refractivity contribution in [2.75, 3.05) is 0 Å². The van der Waals surface area contributed by atoms with Crippen molar-refractivity contribution in [1.82, 2.24) is 0 Å². The summed E-state index contributed by atoms with van der Waals surface area (Å²) in [6.07, 6.45) is 14.7. The highest BCUT2D eigenvalue weighted by Crippen LogP contribution is 2.13. The summed E-state index contributed by atoms with van der Waals surface area (Å²) in [6, 6.07) is 0. The lowest BCUT2D eigenvalue weighted by molar-refractivity contribution is -0.145. The van der Waals surface area contributed by atoms with E-state index in [9.17, 15) is 9.59 Å². The summed E-state index contributed by atoms with van der Waals surface area (Å²) in [5.74, 6) is -1.16. The molecule has 0 aliphatic carbocycles. The summed E-state index contributed by atoms with van der Waals surface area (Å²) >= 11 is 0. The van der Waals surface area contributed by atoms with E-state index in [1.54, 1.807) is 0 Å². The van der Waals surface area contributed by atoms with Crippen LogP contribution in [0.3, 0.4) is 0 Å². The summed E-state index contributed by atoms with van der Waals surface area (Å²) in [6.45, 7) is 0. The van der Waals surface area contributed by atoms with Crippen molar-refractivity contribution in [1.29, 1.82) is 0 Å². The molecule has 3 N–H and O–H groups in total. The lowest BCUT2D eigenvalue weighted by Crippen LogP contribution is -2.18. The average molecular weight is 344 g/mol. The first-order valence-corrected chi connectivity index (χ1v) is 9.64. The third-order valence-corrected chi connectivity index (χ3v) is 4.35. The first-order valence-electron chi connectivity index (χ1n) is 9.64. The highest BCUT2D eigenvalue weighted by atomic mass is 16.5. The Balaban J connectivity index is 3.08. The van der Waals surface area contributed by atoms with Crippen LogP contribution in [-0.2, 0) is 9.59 Å². The van der Waals surface area contributed by atoms with Crippen LogP contribution in [0, 0.1) is 0 Å². The highest BCUT2D eigenvalue weighted by Gasteiger charge is 2.09. The van der Waals surface area contributed by atoms with E-state index < -0.39 is 18.0 Å². The first kappa shape index (κ1) is 23.1. The second kappa shape index (κ2) is 16.9. The van der Waals surface area contributed by atoms with Gasteiger partial charge in [0, 0.05) is 12.8 Å². The Kier molecular flexibility index (Phi) is 16.2. The zero-order valence-corrected chi connectivity index (χ0v) is 15.0. The van der Waals surface area contributed by atoms with Crippen molar-refractivity contribution < 1.29 is 24.9 Å². The lowest BCUT2D eigenvalue weighted by atomic mass is 10.0. The van der Waals surface area contributed by atoms with Gasteiger partial charge in [0.05, 0.1) is 0 Å². The fourth-order valence-electron chi connectivity index (χ4n) is 2.83. The maximum atomic E-state index is 11.0. The van der Waals surface area contributed by atoms with Gasteiger partial charge in [-0.1, -0.05) is 77.0 Å². The zero-order chi connectivity index (χ0) is 18.0. The number of Topliss-reactive ketones (excluding diaryl/α,β-unsaturated/α-hetero) is 1. The predicted octanol–water partition coefficient (Wildman–Crippen LogP) is 4.19. The summed E-state index contributed by atoms with van der Waals surface area (Å²) in [5.41, 5.74) is 0. The molecule has 0 aromatic carbocycles. The fourth-order valence-corrected chi connectivity index (χ4v) is 2.83. The van der Waals surface area contributed by atoms with E-state index >= 15 is 0 Å². The topological polar surface area (TPSA) is 94.8 Å². The van der Waals surface area contributed by atoms with E-state index in [4.69, 9.17) is 15.3 Å². The lowest BCUT2D eigenvalue weighted by Gasteiger charge is -2.04. The van der Waals surface area contributed by atoms with Gasteiger partial charge in [0.25, 0.3) is 0 Å². The average Bonchev–Trinajstić information content (AvgIpc) is 2.53. The van der Waals surface area contributed by atoms with E-state index in [0.717, 1.165) is 38.5 Å². The molecule has 0 aliphatic rings. The fraction of sp³-hybridized carbons (Fsp3) is 0.895. The summed E-state index contributed by atoms with van der Waals surface area (Å²) < 4.78 is 0. The van der Waals surface area contributed by atoms with Gasteiger partial charge in [0.15, 0.2) is 5.78 Å². The standard InChI is InChI=1S/C19H36O5/c20-17(19(23)24)15-13-11-9-7-5-3-1-2-4-6-8-10-12-14-16-18(21)22/h19,23-24H,1-16H2,(H,21,22). The van der Waals surface area contributed by atoms with Gasteiger partial charge in [0.1, 0.15) is 0 Å². The number of rotatable bonds is 18. The van der Waals surface area contributed by atoms with Crippen molar-refractivity contribution in [3.63, 3.8) is 0 Å². The second-order valence-corrected chi connectivity index (χ2v) is 6.68. The smallest absolute Gasteiger partial charge is 0.303 e. The molecule has 0 rings (SSSR count). The van der Waals surface area contributed by atoms with Gasteiger partial charge in [-0.25, -0.2) is 0 Å². The minimum absolute atomic E-state index is 0.272. The number of carboxylic acids is 1. The molecule has 5 heteroatoms. The molecule has 0 atom stereocenters. The van der Waals surface area contributed by atoms with E-state index in [1.807, 2.05) is 0 Å². The normalized spacial score (nSPS) is 11.1. The van der Waals surface area contributed by atoms with Gasteiger partial charge in [0.2, 0.25) is 6.29 Å². The Labute approximate surface area is 146 Å². The number of hydrogen-bond acceptors (Lipinski definition) is 4. The molecule has 0 spiro atoms. The van der Waals surface area contributed by atoms with Crippen LogP contribution in [0.15, 0.2) is 0 Å². The Bertz CT molecular complexity index is 315. The number of carbonyl (C=O) groups excluding carboxylic acids is 1. The number of aliphatic hydroxyl groups excluding tert-OH is 1. The minimum Gasteiger partial charge on any atom is -0.481 e. The number of aliphatic carboxylic acids is 1. The largest absolute Gasteiger partial charge is 0.481 e. The van der Waals surface area contributed by atoms with Crippen molar-refractivity contribution in [3.05, 3.63) is 0 Å². The summed E-state index contributed by atoms with van der Waals surface area (Å²) in [4.78, 5) is 21.3. The molecule has 0 amide bonds. The molecule has 0 heterocycles. The maximum absolute atomic E-state index is 11.0. The molecule has 0 fully saturated rings. The van der Waals surface area contributed by atoms with Crippen molar-refractivity contribution in [2.24, 2.45) is 0 Å². The van der Waals surface area contributed by atoms with E-state index in [2.05, 4.69) is 0 Å². The predicted molar refractivity (Wildman–Crippen MR) is 94.7 cm³/mol. The van der Waals surface area contributed by atoms with E-state index in [0.29, 0.717) is 6.42 Å². The number of unbranched alkanes of at least 4 members (excludes halogenated alkanes) is 13. The van der Waals surface area contributed by atoms with Gasteiger partial charge in [-0.05, 0) is 12.8 Å². The van der Waals surface area contributed by atoms with Crippen LogP contribution in [0.5, 0.6) is 0 Å². The molecule has 0 saturated heterocycles. The SMILES string of the molecule is O=C(O)CCCCCCCCCCCCCCCCC(=O)C(O)O. The molecule has 0 radical (unpaired) electrons. The molecular formula is C19H36O5. The first-order chi connectivity index (χ1) is 11.5. The van der Waals surface area contributed by atoms with E-state index in [1.165, 1.54) is 51.4 Å². The van der Waals surface area contributed by atoms with Gasteiger partial charge in [-0.3, -0.25) is 9.59 Å². The highest BCUT2D eigenvalue weighted by molar-refractivity contribution is 5.81. The number of aliphatic hydroxyl groups is 2. The molecule has 142 valence electrons. The quantitative estimate of drug-likeness (QED) is 0.256. The molecule has 0 bridgehead atoms. The Hall–Kier alpha value is -0.940. The van der Waals surface area contributed by atoms with Crippen LogP contribution >= 0.6 is 0 Å². The van der Waals surface area contributed by atoms with Gasteiger partial charge >= 0.3 is 5.97 Å². The van der Waals surface area contributed by atoms with Crippen LogP contribution in [0.1, 0.15) is 103 Å². The molecule has 0 aliphatic heterocycles. The molecular weight excluding hydrogens is 308 g/mol. The van der Waals surface area contributed by atoms with Crippen molar-refractivity contribution in [2.45, 2.75) is 109 Å². The summed E-state index contributed by atoms with van der Waals surface area (Å²) in [5, 5.41) is 25.8. The van der Waals surface area contributed by atoms with Crippen LogP contribution in [0.2, 0.25) is 0 Å². The van der Waals surface area contributed by atoms with Crippen molar-refractivity contribution >= 4 is 11.8 Å². The number of ketones is 1. The molecule has 0 aromatic rings. The molecule has 0 unspecified atom stereocenters. The van der Waals surface area contributed by atoms with Gasteiger partial charge < -0.3 is 15.3 Å². The van der Waals surface area contributed by atoms with Gasteiger partial charge in [-0.2, -0.15) is 0 Å². The second-order valence-electron chi connectivity index (χ2n) is 6.68. The van der Waals surface area contributed by atoms with Crippen LogP contribution in [0.4, 0.5) is 0 Å². The molecule has 24 heavy (non-hydrogen) atoms. The van der Waals surface area contributed by atoms with Crippen LogP contribution in [0.25, 0.3) is 0 Å². The molecule has 0 aromatic heterocycles. The Morgan fingerprint density at radius 2 is 0.833 bits per heavy atom. The van der Waals surface area contributed by atoms with Crippen LogP contribution in [-0.4, -0.2) is 33.4 Å². The molecule has 0 saturated carbocycles. The summed E-state index contributed by atoms with van der Waals surface area (Å²) in [7, 11) is 0.